The molecule has 0 radical (unpaired) electrons. The first-order valence-corrected chi connectivity index (χ1v) is 9.62. The van der Waals surface area contributed by atoms with E-state index in [9.17, 15) is 9.59 Å². The fourth-order valence-electron chi connectivity index (χ4n) is 3.15. The van der Waals surface area contributed by atoms with E-state index in [0.717, 1.165) is 16.5 Å². The zero-order valence-electron chi connectivity index (χ0n) is 16.7. The summed E-state index contributed by atoms with van der Waals surface area (Å²) in [5.41, 5.74) is 4.30. The van der Waals surface area contributed by atoms with Crippen LogP contribution in [0.15, 0.2) is 79.0 Å². The molecule has 1 heterocycles. The molecule has 0 spiro atoms. The molecule has 1 aromatic heterocycles. The molecule has 2 N–H and O–H groups in total. The van der Waals surface area contributed by atoms with Gasteiger partial charge in [0.05, 0.1) is 17.1 Å². The number of pyridine rings is 1. The van der Waals surface area contributed by atoms with E-state index in [1.807, 2.05) is 37.3 Å². The molecule has 6 nitrogen and oxygen atoms in total. The number of nitrogens with one attached hydrogen (secondary N) is 2. The van der Waals surface area contributed by atoms with Crippen LogP contribution in [0.1, 0.15) is 31.8 Å². The quantitative estimate of drug-likeness (QED) is 0.503. The van der Waals surface area contributed by atoms with Crippen molar-refractivity contribution in [2.75, 3.05) is 10.6 Å². The van der Waals surface area contributed by atoms with Gasteiger partial charge in [-0.15, -0.1) is 0 Å². The van der Waals surface area contributed by atoms with E-state index in [1.54, 1.807) is 54.7 Å². The van der Waals surface area contributed by atoms with Crippen LogP contribution >= 0.6 is 0 Å². The standard InChI is InChI=1S/C25H18N4O2/c1-16-4-10-21(28-24(30)18-7-5-17(15-26)6-8-18)14-23(16)29-25(31)20-9-11-22-19(13-20)3-2-12-27-22/h2-14H,1H3,(H,28,30)(H,29,31). The third kappa shape index (κ3) is 4.41. The first-order valence-electron chi connectivity index (χ1n) is 9.62. The minimum absolute atomic E-state index is 0.246. The Morgan fingerprint density at radius 1 is 0.871 bits per heavy atom. The summed E-state index contributed by atoms with van der Waals surface area (Å²) < 4.78 is 0. The summed E-state index contributed by atoms with van der Waals surface area (Å²) in [6, 6.07) is 22.8. The van der Waals surface area contributed by atoms with Crippen molar-refractivity contribution in [3.63, 3.8) is 0 Å². The highest BCUT2D eigenvalue weighted by atomic mass is 16.2. The zero-order valence-corrected chi connectivity index (χ0v) is 16.7. The summed E-state index contributed by atoms with van der Waals surface area (Å²) >= 11 is 0. The molecule has 0 atom stereocenters. The highest BCUT2D eigenvalue weighted by Crippen LogP contribution is 2.22. The van der Waals surface area contributed by atoms with Gasteiger partial charge < -0.3 is 10.6 Å². The number of carbonyl (C=O) groups excluding carboxylic acids is 2. The topological polar surface area (TPSA) is 94.9 Å². The van der Waals surface area contributed by atoms with Gasteiger partial charge in [0, 0.05) is 34.1 Å². The zero-order chi connectivity index (χ0) is 21.8. The van der Waals surface area contributed by atoms with Gasteiger partial charge in [-0.2, -0.15) is 5.26 Å². The van der Waals surface area contributed by atoms with Gasteiger partial charge >= 0.3 is 0 Å². The largest absolute Gasteiger partial charge is 0.322 e. The SMILES string of the molecule is Cc1ccc(NC(=O)c2ccc(C#N)cc2)cc1NC(=O)c1ccc2ncccc2c1. The van der Waals surface area contributed by atoms with Crippen molar-refractivity contribution in [2.45, 2.75) is 6.92 Å². The van der Waals surface area contributed by atoms with E-state index in [-0.39, 0.29) is 11.8 Å². The van der Waals surface area contributed by atoms with E-state index < -0.39 is 0 Å². The maximum absolute atomic E-state index is 12.8. The lowest BCUT2D eigenvalue weighted by Crippen LogP contribution is -2.15. The number of benzene rings is 3. The first-order chi connectivity index (χ1) is 15.0. The fourth-order valence-corrected chi connectivity index (χ4v) is 3.15. The lowest BCUT2D eigenvalue weighted by molar-refractivity contribution is 0.101. The smallest absolute Gasteiger partial charge is 0.255 e. The summed E-state index contributed by atoms with van der Waals surface area (Å²) in [5.74, 6) is -0.544. The third-order valence-corrected chi connectivity index (χ3v) is 4.89. The number of nitriles is 1. The van der Waals surface area contributed by atoms with Crippen LogP contribution in [0, 0.1) is 18.3 Å². The summed E-state index contributed by atoms with van der Waals surface area (Å²) in [7, 11) is 0. The number of hydrogen-bond donors (Lipinski definition) is 2. The van der Waals surface area contributed by atoms with E-state index in [1.165, 1.54) is 0 Å². The Balaban J connectivity index is 1.52. The molecule has 4 aromatic rings. The Morgan fingerprint density at radius 3 is 2.39 bits per heavy atom. The van der Waals surface area contributed by atoms with Crippen LogP contribution in [0.5, 0.6) is 0 Å². The predicted molar refractivity (Wildman–Crippen MR) is 120 cm³/mol. The van der Waals surface area contributed by atoms with Crippen molar-refractivity contribution in [1.29, 1.82) is 5.26 Å². The molecular weight excluding hydrogens is 388 g/mol. The number of hydrogen-bond acceptors (Lipinski definition) is 4. The Bertz CT molecular complexity index is 1340. The Morgan fingerprint density at radius 2 is 1.61 bits per heavy atom. The Labute approximate surface area is 179 Å². The minimum atomic E-state index is -0.298. The second kappa shape index (κ2) is 8.47. The predicted octanol–water partition coefficient (Wildman–Crippen LogP) is 4.92. The van der Waals surface area contributed by atoms with Crippen molar-refractivity contribution in [2.24, 2.45) is 0 Å². The molecule has 0 aliphatic carbocycles. The van der Waals surface area contributed by atoms with Gasteiger partial charge in [-0.1, -0.05) is 12.1 Å². The van der Waals surface area contributed by atoms with Crippen molar-refractivity contribution < 1.29 is 9.59 Å². The molecule has 3 aromatic carbocycles. The fraction of sp³-hybridized carbons (Fsp3) is 0.0400. The van der Waals surface area contributed by atoms with Crippen LogP contribution in [0.4, 0.5) is 11.4 Å². The number of aryl methyl sites for hydroxylation is 1. The van der Waals surface area contributed by atoms with E-state index in [4.69, 9.17) is 5.26 Å². The van der Waals surface area contributed by atoms with Crippen molar-refractivity contribution in [3.05, 3.63) is 101 Å². The molecule has 0 saturated heterocycles. The summed E-state index contributed by atoms with van der Waals surface area (Å²) in [6.45, 7) is 1.88. The summed E-state index contributed by atoms with van der Waals surface area (Å²) in [4.78, 5) is 29.5. The molecule has 0 fully saturated rings. The number of anilines is 2. The van der Waals surface area contributed by atoms with Gasteiger partial charge in [-0.05, 0) is 73.2 Å². The van der Waals surface area contributed by atoms with Crippen LogP contribution in [-0.4, -0.2) is 16.8 Å². The molecule has 150 valence electrons. The number of amides is 2. The van der Waals surface area contributed by atoms with Gasteiger partial charge in [0.1, 0.15) is 0 Å². The van der Waals surface area contributed by atoms with Crippen LogP contribution in [0.25, 0.3) is 10.9 Å². The average molecular weight is 406 g/mol. The molecule has 0 bridgehead atoms. The molecule has 6 heteroatoms. The van der Waals surface area contributed by atoms with Crippen LogP contribution in [0.2, 0.25) is 0 Å². The molecule has 2 amide bonds. The number of rotatable bonds is 4. The molecule has 0 saturated carbocycles. The number of aromatic nitrogens is 1. The van der Waals surface area contributed by atoms with Gasteiger partial charge in [0.2, 0.25) is 0 Å². The van der Waals surface area contributed by atoms with Gasteiger partial charge in [-0.3, -0.25) is 14.6 Å². The Kier molecular flexibility index (Phi) is 5.41. The number of nitrogens with zero attached hydrogens (tertiary/aromatic N) is 2. The van der Waals surface area contributed by atoms with Gasteiger partial charge in [0.25, 0.3) is 11.8 Å². The molecule has 4 rings (SSSR count). The van der Waals surface area contributed by atoms with Crippen LogP contribution in [-0.2, 0) is 0 Å². The molecular formula is C25H18N4O2. The first kappa shape index (κ1) is 19.8. The van der Waals surface area contributed by atoms with E-state index >= 15 is 0 Å². The Hall–Kier alpha value is -4.50. The van der Waals surface area contributed by atoms with E-state index in [2.05, 4.69) is 15.6 Å². The molecule has 31 heavy (non-hydrogen) atoms. The van der Waals surface area contributed by atoms with Crippen molar-refractivity contribution >= 4 is 34.1 Å². The number of carbonyl (C=O) groups is 2. The maximum Gasteiger partial charge on any atom is 0.255 e. The maximum atomic E-state index is 12.8. The highest BCUT2D eigenvalue weighted by molar-refractivity contribution is 6.08. The summed E-state index contributed by atoms with van der Waals surface area (Å²) in [5, 5.41) is 15.5. The van der Waals surface area contributed by atoms with Gasteiger partial charge in [-0.25, -0.2) is 0 Å². The van der Waals surface area contributed by atoms with Crippen molar-refractivity contribution in [1.82, 2.24) is 4.98 Å². The monoisotopic (exact) mass is 406 g/mol. The van der Waals surface area contributed by atoms with Crippen LogP contribution < -0.4 is 10.6 Å². The molecule has 0 aliphatic rings. The second-order valence-corrected chi connectivity index (χ2v) is 7.04. The normalized spacial score (nSPS) is 10.3. The van der Waals surface area contributed by atoms with Crippen molar-refractivity contribution in [3.8, 4) is 6.07 Å². The highest BCUT2D eigenvalue weighted by Gasteiger charge is 2.11. The summed E-state index contributed by atoms with van der Waals surface area (Å²) in [6.07, 6.45) is 1.71. The minimum Gasteiger partial charge on any atom is -0.322 e. The van der Waals surface area contributed by atoms with E-state index in [0.29, 0.717) is 28.1 Å². The van der Waals surface area contributed by atoms with Crippen LogP contribution in [0.3, 0.4) is 0 Å². The number of fused-ring (bicyclic) bond motifs is 1. The molecule has 0 unspecified atom stereocenters. The van der Waals surface area contributed by atoms with Gasteiger partial charge in [0.15, 0.2) is 0 Å². The lowest BCUT2D eigenvalue weighted by Gasteiger charge is -2.12. The second-order valence-electron chi connectivity index (χ2n) is 7.04. The third-order valence-electron chi connectivity index (χ3n) is 4.89. The molecule has 0 aliphatic heterocycles. The average Bonchev–Trinajstić information content (AvgIpc) is 2.81. The lowest BCUT2D eigenvalue weighted by atomic mass is 10.1.